The molecule has 0 aliphatic carbocycles. The van der Waals surface area contributed by atoms with Crippen LogP contribution in [0.3, 0.4) is 0 Å². The maximum Gasteiger partial charge on any atom is 0.149 e. The topological polar surface area (TPSA) is 61.7 Å². The number of nitrogens with one attached hydrogen (secondary N) is 1. The Morgan fingerprint density at radius 3 is 2.69 bits per heavy atom. The average molecular weight is 387 g/mol. The number of fused-ring (bicyclic) bond motifs is 1. The molecular formula is C23H15F2N3O. The van der Waals surface area contributed by atoms with E-state index >= 15 is 0 Å². The van der Waals surface area contributed by atoms with E-state index in [0.29, 0.717) is 33.7 Å². The minimum Gasteiger partial charge on any atom is -0.488 e. The average Bonchev–Trinajstić information content (AvgIpc) is 3.15. The first-order chi connectivity index (χ1) is 14.1. The van der Waals surface area contributed by atoms with Crippen LogP contribution >= 0.6 is 0 Å². The molecule has 4 nitrogen and oxygen atoms in total. The van der Waals surface area contributed by atoms with Gasteiger partial charge in [-0.05, 0) is 36.4 Å². The van der Waals surface area contributed by atoms with Gasteiger partial charge in [-0.3, -0.25) is 0 Å². The molecule has 0 aliphatic heterocycles. The van der Waals surface area contributed by atoms with E-state index in [0.717, 1.165) is 0 Å². The zero-order chi connectivity index (χ0) is 20.2. The van der Waals surface area contributed by atoms with Gasteiger partial charge in [0.25, 0.3) is 0 Å². The van der Waals surface area contributed by atoms with Crippen LogP contribution < -0.4 is 4.74 Å². The minimum atomic E-state index is -0.387. The van der Waals surface area contributed by atoms with Crippen LogP contribution in [0.5, 0.6) is 5.75 Å². The van der Waals surface area contributed by atoms with Crippen molar-refractivity contribution in [1.82, 2.24) is 9.97 Å². The van der Waals surface area contributed by atoms with Gasteiger partial charge < -0.3 is 9.72 Å². The highest BCUT2D eigenvalue weighted by Gasteiger charge is 2.11. The van der Waals surface area contributed by atoms with E-state index in [4.69, 9.17) is 4.74 Å². The summed E-state index contributed by atoms with van der Waals surface area (Å²) in [4.78, 5) is 7.31. The van der Waals surface area contributed by atoms with Crippen LogP contribution in [0.15, 0.2) is 66.7 Å². The van der Waals surface area contributed by atoms with Crippen LogP contribution in [-0.2, 0) is 6.61 Å². The molecule has 0 saturated carbocycles. The van der Waals surface area contributed by atoms with Gasteiger partial charge in [0.05, 0.1) is 16.6 Å². The molecule has 1 aromatic heterocycles. The Morgan fingerprint density at radius 2 is 1.86 bits per heavy atom. The first-order valence-electron chi connectivity index (χ1n) is 8.87. The van der Waals surface area contributed by atoms with Crippen molar-refractivity contribution in [2.24, 2.45) is 0 Å². The number of rotatable bonds is 5. The fourth-order valence-electron chi connectivity index (χ4n) is 2.92. The monoisotopic (exact) mass is 387 g/mol. The van der Waals surface area contributed by atoms with Crippen molar-refractivity contribution in [3.8, 4) is 11.8 Å². The molecule has 0 fully saturated rings. The second-order valence-corrected chi connectivity index (χ2v) is 6.33. The van der Waals surface area contributed by atoms with Crippen LogP contribution in [0.1, 0.15) is 17.0 Å². The molecule has 0 saturated heterocycles. The number of aromatic nitrogens is 2. The maximum atomic E-state index is 13.8. The van der Waals surface area contributed by atoms with Gasteiger partial charge in [0, 0.05) is 11.1 Å². The molecule has 4 rings (SSSR count). The summed E-state index contributed by atoms with van der Waals surface area (Å²) >= 11 is 0. The molecular weight excluding hydrogens is 372 g/mol. The Labute approximate surface area is 165 Å². The van der Waals surface area contributed by atoms with Gasteiger partial charge in [-0.2, -0.15) is 5.26 Å². The quantitative estimate of drug-likeness (QED) is 0.461. The lowest BCUT2D eigenvalue weighted by Gasteiger charge is -2.10. The second kappa shape index (κ2) is 7.95. The van der Waals surface area contributed by atoms with E-state index in [-0.39, 0.29) is 23.8 Å². The molecule has 142 valence electrons. The van der Waals surface area contributed by atoms with Crippen LogP contribution in [0, 0.1) is 23.0 Å². The maximum absolute atomic E-state index is 13.8. The molecule has 1 N–H and O–H groups in total. The molecule has 1 heterocycles. The van der Waals surface area contributed by atoms with Crippen molar-refractivity contribution in [3.63, 3.8) is 0 Å². The molecule has 0 radical (unpaired) electrons. The van der Waals surface area contributed by atoms with E-state index in [1.807, 2.05) is 6.07 Å². The van der Waals surface area contributed by atoms with E-state index < -0.39 is 0 Å². The Hall–Kier alpha value is -3.98. The number of imidazole rings is 1. The fourth-order valence-corrected chi connectivity index (χ4v) is 2.92. The highest BCUT2D eigenvalue weighted by Crippen LogP contribution is 2.26. The lowest BCUT2D eigenvalue weighted by atomic mass is 10.1. The van der Waals surface area contributed by atoms with Crippen molar-refractivity contribution in [2.45, 2.75) is 6.61 Å². The first kappa shape index (κ1) is 18.4. The van der Waals surface area contributed by atoms with Crippen LogP contribution in [0.4, 0.5) is 8.78 Å². The summed E-state index contributed by atoms with van der Waals surface area (Å²) in [5, 5.41) is 9.61. The summed E-state index contributed by atoms with van der Waals surface area (Å²) in [7, 11) is 0. The number of H-pyrrole nitrogens is 1. The van der Waals surface area contributed by atoms with Crippen molar-refractivity contribution in [2.75, 3.05) is 0 Å². The van der Waals surface area contributed by atoms with Gasteiger partial charge in [0.1, 0.15) is 35.9 Å². The number of ether oxygens (including phenoxy) is 1. The predicted molar refractivity (Wildman–Crippen MR) is 107 cm³/mol. The van der Waals surface area contributed by atoms with Crippen molar-refractivity contribution < 1.29 is 13.5 Å². The van der Waals surface area contributed by atoms with E-state index in [1.165, 1.54) is 18.2 Å². The summed E-state index contributed by atoms with van der Waals surface area (Å²) in [5.41, 5.74) is 2.42. The molecule has 0 atom stereocenters. The summed E-state index contributed by atoms with van der Waals surface area (Å²) in [6.45, 7) is 0.0589. The second-order valence-electron chi connectivity index (χ2n) is 6.33. The number of hydrogen-bond donors (Lipinski definition) is 1. The SMILES string of the molecule is N#C/C(=C/c1ccccc1OCc1ccccc1F)c1nc2ccc(F)cc2[nH]1. The third-order valence-corrected chi connectivity index (χ3v) is 4.38. The molecule has 4 aromatic rings. The van der Waals surface area contributed by atoms with Crippen LogP contribution in [-0.4, -0.2) is 9.97 Å². The number of nitrogens with zero attached hydrogens (tertiary/aromatic N) is 2. The number of nitriles is 1. The molecule has 0 unspecified atom stereocenters. The largest absolute Gasteiger partial charge is 0.488 e. The summed E-state index contributed by atoms with van der Waals surface area (Å²) in [5.74, 6) is 0.109. The Kier molecular flexibility index (Phi) is 5.04. The zero-order valence-corrected chi connectivity index (χ0v) is 15.2. The Bertz CT molecular complexity index is 1250. The highest BCUT2D eigenvalue weighted by molar-refractivity contribution is 5.91. The van der Waals surface area contributed by atoms with Crippen molar-refractivity contribution in [1.29, 1.82) is 5.26 Å². The van der Waals surface area contributed by atoms with Gasteiger partial charge in [-0.15, -0.1) is 0 Å². The zero-order valence-electron chi connectivity index (χ0n) is 15.2. The minimum absolute atomic E-state index is 0.0589. The fraction of sp³-hybridized carbons (Fsp3) is 0.0435. The van der Waals surface area contributed by atoms with Crippen molar-refractivity contribution in [3.05, 3.63) is 95.3 Å². The molecule has 0 spiro atoms. The van der Waals surface area contributed by atoms with Gasteiger partial charge >= 0.3 is 0 Å². The highest BCUT2D eigenvalue weighted by atomic mass is 19.1. The number of hydrogen-bond acceptors (Lipinski definition) is 3. The third-order valence-electron chi connectivity index (χ3n) is 4.38. The normalized spacial score (nSPS) is 11.4. The Balaban J connectivity index is 1.65. The molecule has 0 amide bonds. The number of para-hydroxylation sites is 1. The van der Waals surface area contributed by atoms with Crippen LogP contribution in [0.2, 0.25) is 0 Å². The number of halogens is 2. The Morgan fingerprint density at radius 1 is 1.07 bits per heavy atom. The standard InChI is InChI=1S/C23H15F2N3O/c24-18-9-10-20-21(12-18)28-23(27-20)17(13-26)11-15-5-2-4-8-22(15)29-14-16-6-1-3-7-19(16)25/h1-12H,14H2,(H,27,28)/b17-11-. The van der Waals surface area contributed by atoms with E-state index in [2.05, 4.69) is 16.0 Å². The van der Waals surface area contributed by atoms with Gasteiger partial charge in [-0.1, -0.05) is 36.4 Å². The van der Waals surface area contributed by atoms with Crippen LogP contribution in [0.25, 0.3) is 22.7 Å². The van der Waals surface area contributed by atoms with Gasteiger partial charge in [0.2, 0.25) is 0 Å². The first-order valence-corrected chi connectivity index (χ1v) is 8.87. The molecule has 0 aliphatic rings. The molecule has 29 heavy (non-hydrogen) atoms. The lowest BCUT2D eigenvalue weighted by molar-refractivity contribution is 0.299. The number of benzene rings is 3. The third kappa shape index (κ3) is 3.99. The predicted octanol–water partition coefficient (Wildman–Crippen LogP) is 5.48. The number of allylic oxidation sites excluding steroid dienone is 1. The van der Waals surface area contributed by atoms with E-state index in [9.17, 15) is 14.0 Å². The van der Waals surface area contributed by atoms with Crippen molar-refractivity contribution >= 4 is 22.7 Å². The molecule has 6 heteroatoms. The van der Waals surface area contributed by atoms with E-state index in [1.54, 1.807) is 48.5 Å². The van der Waals surface area contributed by atoms with Gasteiger partial charge in [0.15, 0.2) is 0 Å². The summed E-state index contributed by atoms with van der Waals surface area (Å²) < 4.78 is 33.0. The summed E-state index contributed by atoms with van der Waals surface area (Å²) in [6.07, 6.45) is 1.63. The lowest BCUT2D eigenvalue weighted by Crippen LogP contribution is -1.99. The molecule has 3 aromatic carbocycles. The molecule has 0 bridgehead atoms. The summed E-state index contributed by atoms with van der Waals surface area (Å²) in [6, 6.07) is 19.8. The van der Waals surface area contributed by atoms with Gasteiger partial charge in [-0.25, -0.2) is 13.8 Å². The number of aromatic amines is 1. The smallest absolute Gasteiger partial charge is 0.149 e.